The van der Waals surface area contributed by atoms with Crippen LogP contribution in [0.2, 0.25) is 0 Å². The molecule has 7 rings (SSSR count). The molecule has 0 bridgehead atoms. The maximum Gasteiger partial charge on any atom is 0.0885 e. The Morgan fingerprint density at radius 2 is 0.902 bits per heavy atom. The summed E-state index contributed by atoms with van der Waals surface area (Å²) < 4.78 is 0. The minimum Gasteiger partial charge on any atom is -0.251 e. The number of benzene rings is 4. The quantitative estimate of drug-likeness (QED) is 0.185. The summed E-state index contributed by atoms with van der Waals surface area (Å²) in [6.07, 6.45) is 3.81. The number of aromatic nitrogens is 1. The predicted octanol–water partition coefficient (Wildman–Crippen LogP) is 9.93. The molecule has 4 aromatic carbocycles. The third-order valence-electron chi connectivity index (χ3n) is 7.48. The molecule has 0 fully saturated rings. The van der Waals surface area contributed by atoms with E-state index < -0.39 is 0 Å². The molecule has 0 spiro atoms. The molecule has 0 amide bonds. The fourth-order valence-electron chi connectivity index (χ4n) is 5.60. The molecule has 3 nitrogen and oxygen atoms in total. The normalized spacial score (nSPS) is 15.5. The largest absolute Gasteiger partial charge is 0.251 e. The monoisotopic (exact) mass is 615 g/mol. The van der Waals surface area contributed by atoms with E-state index in [9.17, 15) is 0 Å². The van der Waals surface area contributed by atoms with Crippen molar-refractivity contribution in [2.24, 2.45) is 9.98 Å². The summed E-state index contributed by atoms with van der Waals surface area (Å²) in [5.41, 5.74) is 13.5. The SMILES string of the molecule is [Cl][Fe][Cl].c1ccc(-c2ccccc2N=C2CCc3cc4c(nc32)C(=Nc2ccccc2-c2ccccc2)CC4)cc1. The molecule has 0 atom stereocenters. The summed E-state index contributed by atoms with van der Waals surface area (Å²) in [5, 5.41) is 0. The molecule has 204 valence electrons. The Morgan fingerprint density at radius 1 is 0.512 bits per heavy atom. The molecular formula is C35H27Cl2FeN3. The first-order valence-corrected chi connectivity index (χ1v) is 16.6. The van der Waals surface area contributed by atoms with Crippen molar-refractivity contribution in [2.45, 2.75) is 25.7 Å². The first kappa shape index (κ1) is 27.6. The molecule has 0 aliphatic heterocycles. The summed E-state index contributed by atoms with van der Waals surface area (Å²) in [4.78, 5) is 15.6. The predicted molar refractivity (Wildman–Crippen MR) is 169 cm³/mol. The summed E-state index contributed by atoms with van der Waals surface area (Å²) in [6, 6.07) is 40.1. The molecule has 41 heavy (non-hydrogen) atoms. The second kappa shape index (κ2) is 13.0. The molecule has 2 aliphatic rings. The van der Waals surface area contributed by atoms with E-state index in [2.05, 4.69) is 103 Å². The average molecular weight is 616 g/mol. The Morgan fingerprint density at radius 3 is 1.34 bits per heavy atom. The number of hydrogen-bond acceptors (Lipinski definition) is 3. The van der Waals surface area contributed by atoms with Gasteiger partial charge in [0.2, 0.25) is 0 Å². The molecular weight excluding hydrogens is 589 g/mol. The minimum atomic E-state index is 0.194. The maximum atomic E-state index is 5.23. The Hall–Kier alpha value is -3.53. The van der Waals surface area contributed by atoms with Crippen LogP contribution >= 0.6 is 20.2 Å². The fourth-order valence-corrected chi connectivity index (χ4v) is 5.60. The van der Waals surface area contributed by atoms with Crippen LogP contribution in [0.5, 0.6) is 0 Å². The van der Waals surface area contributed by atoms with Crippen LogP contribution in [0.25, 0.3) is 22.3 Å². The number of fused-ring (bicyclic) bond motifs is 2. The van der Waals surface area contributed by atoms with E-state index in [1.165, 1.54) is 22.3 Å². The Labute approximate surface area is 255 Å². The molecule has 6 heteroatoms. The second-order valence-corrected chi connectivity index (χ2v) is 11.8. The number of para-hydroxylation sites is 2. The number of nitrogens with zero attached hydrogens (tertiary/aromatic N) is 3. The van der Waals surface area contributed by atoms with Crippen molar-refractivity contribution in [3.05, 3.63) is 138 Å². The van der Waals surface area contributed by atoms with Gasteiger partial charge < -0.3 is 0 Å². The number of hydrogen-bond donors (Lipinski definition) is 0. The third-order valence-corrected chi connectivity index (χ3v) is 7.48. The topological polar surface area (TPSA) is 37.6 Å². The van der Waals surface area contributed by atoms with Crippen molar-refractivity contribution >= 4 is 43.0 Å². The van der Waals surface area contributed by atoms with E-state index in [0.717, 1.165) is 71.0 Å². The first-order chi connectivity index (χ1) is 20.2. The summed E-state index contributed by atoms with van der Waals surface area (Å²) in [7, 11) is 9.53. The van der Waals surface area contributed by atoms with Crippen molar-refractivity contribution in [3.63, 3.8) is 0 Å². The minimum absolute atomic E-state index is 0.194. The zero-order chi connectivity index (χ0) is 28.0. The van der Waals surface area contributed by atoms with Crippen LogP contribution in [0, 0.1) is 0 Å². The van der Waals surface area contributed by atoms with Crippen LogP contribution in [0.3, 0.4) is 0 Å². The van der Waals surface area contributed by atoms with Crippen molar-refractivity contribution in [2.75, 3.05) is 0 Å². The maximum absolute atomic E-state index is 5.23. The van der Waals surface area contributed by atoms with E-state index >= 15 is 0 Å². The van der Waals surface area contributed by atoms with Gasteiger partial charge in [-0.05, 0) is 60.1 Å². The molecule has 1 heterocycles. The van der Waals surface area contributed by atoms with E-state index in [0.29, 0.717) is 0 Å². The number of pyridine rings is 1. The van der Waals surface area contributed by atoms with Gasteiger partial charge in [-0.15, -0.1) is 0 Å². The number of aliphatic imine (C=N–C) groups is 2. The number of aryl methyl sites for hydroxylation is 2. The molecule has 0 radical (unpaired) electrons. The Bertz CT molecular complexity index is 1610. The van der Waals surface area contributed by atoms with Crippen LogP contribution in [-0.4, -0.2) is 16.4 Å². The first-order valence-electron chi connectivity index (χ1n) is 13.6. The Kier molecular flexibility index (Phi) is 8.74. The van der Waals surface area contributed by atoms with E-state index in [-0.39, 0.29) is 13.1 Å². The molecule has 1 aromatic heterocycles. The van der Waals surface area contributed by atoms with Crippen LogP contribution in [0.4, 0.5) is 11.4 Å². The summed E-state index contributed by atoms with van der Waals surface area (Å²) in [5.74, 6) is 0. The van der Waals surface area contributed by atoms with Crippen molar-refractivity contribution in [1.82, 2.24) is 4.98 Å². The molecule has 5 aromatic rings. The average Bonchev–Trinajstić information content (AvgIpc) is 3.61. The standard InChI is InChI=1S/C35H27N3.2ClH.Fe/c1-3-11-24(12-4-1)28-15-7-9-17-30(28)36-32-21-19-26-23-27-20-22-33(35(27)38-34(26)32)37-31-18-10-8-16-29(31)25-13-5-2-6-14-25;;;/h1-18,23H,19-22H2;2*1H;/q;;;+2/p-2. The van der Waals surface area contributed by atoms with Gasteiger partial charge in [0, 0.05) is 11.1 Å². The van der Waals surface area contributed by atoms with Crippen LogP contribution in [0.1, 0.15) is 35.4 Å². The summed E-state index contributed by atoms with van der Waals surface area (Å²) >= 11 is 0.194. The fraction of sp³-hybridized carbons (Fsp3) is 0.114. The van der Waals surface area contributed by atoms with Gasteiger partial charge in [-0.3, -0.25) is 9.98 Å². The van der Waals surface area contributed by atoms with E-state index in [4.69, 9.17) is 35.2 Å². The molecule has 0 saturated carbocycles. The molecule has 0 N–H and O–H groups in total. The molecule has 0 unspecified atom stereocenters. The second-order valence-electron chi connectivity index (χ2n) is 9.94. The van der Waals surface area contributed by atoms with Gasteiger partial charge in [-0.25, -0.2) is 4.98 Å². The smallest absolute Gasteiger partial charge is 0.0885 e. The zero-order valence-corrected chi connectivity index (χ0v) is 24.9. The van der Waals surface area contributed by atoms with Gasteiger partial charge in [0.05, 0.1) is 34.2 Å². The summed E-state index contributed by atoms with van der Waals surface area (Å²) in [6.45, 7) is 0. The molecule has 2 aliphatic carbocycles. The van der Waals surface area contributed by atoms with Gasteiger partial charge in [-0.2, -0.15) is 0 Å². The van der Waals surface area contributed by atoms with Crippen LogP contribution in [-0.2, 0) is 26.0 Å². The van der Waals surface area contributed by atoms with Crippen LogP contribution in [0.15, 0.2) is 125 Å². The van der Waals surface area contributed by atoms with Crippen LogP contribution < -0.4 is 0 Å². The zero-order valence-electron chi connectivity index (χ0n) is 22.2. The van der Waals surface area contributed by atoms with Crippen molar-refractivity contribution in [1.29, 1.82) is 0 Å². The van der Waals surface area contributed by atoms with Gasteiger partial charge >= 0.3 is 33.3 Å². The Balaban J connectivity index is 0.000000967. The van der Waals surface area contributed by atoms with Gasteiger partial charge in [0.1, 0.15) is 0 Å². The third kappa shape index (κ3) is 6.07. The van der Waals surface area contributed by atoms with Gasteiger partial charge in [0.25, 0.3) is 0 Å². The van der Waals surface area contributed by atoms with Crippen molar-refractivity contribution < 1.29 is 13.1 Å². The molecule has 0 saturated heterocycles. The van der Waals surface area contributed by atoms with Crippen molar-refractivity contribution in [3.8, 4) is 22.3 Å². The van der Waals surface area contributed by atoms with Gasteiger partial charge in [-0.1, -0.05) is 103 Å². The van der Waals surface area contributed by atoms with E-state index in [1.807, 2.05) is 12.1 Å². The number of rotatable bonds is 4. The van der Waals surface area contributed by atoms with Gasteiger partial charge in [0.15, 0.2) is 0 Å². The van der Waals surface area contributed by atoms with E-state index in [1.54, 1.807) is 0 Å². The number of halogens is 2.